The molecule has 4 heteroatoms. The first-order valence-corrected chi connectivity index (χ1v) is 13.7. The van der Waals surface area contributed by atoms with Crippen molar-refractivity contribution in [3.05, 3.63) is 10.4 Å². The van der Waals surface area contributed by atoms with E-state index in [9.17, 15) is 0 Å². The van der Waals surface area contributed by atoms with Crippen molar-refractivity contribution in [3.63, 3.8) is 0 Å². The molecule has 0 saturated carbocycles. The second kappa shape index (κ2) is 7.44. The summed E-state index contributed by atoms with van der Waals surface area (Å²) in [7, 11) is 0. The number of hydrogen-bond donors (Lipinski definition) is 0. The average Bonchev–Trinajstić information content (AvgIpc) is 1.98. The van der Waals surface area contributed by atoms with Gasteiger partial charge in [-0.2, -0.15) is 0 Å². The first kappa shape index (κ1) is 16.1. The van der Waals surface area contributed by atoms with Crippen LogP contribution in [0.15, 0.2) is 3.34 Å². The molecule has 94 valence electrons. The van der Waals surface area contributed by atoms with Crippen molar-refractivity contribution in [2.75, 3.05) is 0 Å². The number of azide groups is 1. The molecule has 0 aliphatic carbocycles. The van der Waals surface area contributed by atoms with Gasteiger partial charge in [-0.25, -0.2) is 0 Å². The van der Waals surface area contributed by atoms with E-state index in [2.05, 4.69) is 49.8 Å². The molecule has 0 bridgehead atoms. The Kier molecular flexibility index (Phi) is 7.49. The van der Waals surface area contributed by atoms with Gasteiger partial charge in [0.05, 0.1) is 0 Å². The molecular weight excluding hydrogens is 305 g/mol. The van der Waals surface area contributed by atoms with Crippen molar-refractivity contribution in [1.29, 1.82) is 0 Å². The van der Waals surface area contributed by atoms with E-state index in [1.807, 2.05) is 0 Å². The molecule has 0 aromatic rings. The van der Waals surface area contributed by atoms with E-state index >= 15 is 0 Å². The fourth-order valence-electron chi connectivity index (χ4n) is 2.75. The molecule has 3 nitrogen and oxygen atoms in total. The molecule has 0 aliphatic heterocycles. The molecule has 0 spiro atoms. The molecule has 0 aliphatic rings. The van der Waals surface area contributed by atoms with Gasteiger partial charge in [0.1, 0.15) is 0 Å². The number of rotatable bonds is 7. The summed E-state index contributed by atoms with van der Waals surface area (Å²) in [5, 5.41) is 0. The molecule has 0 aromatic heterocycles. The summed E-state index contributed by atoms with van der Waals surface area (Å²) in [6, 6.07) is 0. The van der Waals surface area contributed by atoms with E-state index in [0.717, 1.165) is 0 Å². The number of nitrogens with zero attached hydrogens (tertiary/aromatic N) is 3. The Balaban J connectivity index is 4.95. The Labute approximate surface area is 105 Å². The molecule has 0 unspecified atom stereocenters. The van der Waals surface area contributed by atoms with Gasteiger partial charge in [-0.1, -0.05) is 0 Å². The van der Waals surface area contributed by atoms with Crippen LogP contribution in [-0.4, -0.2) is 18.7 Å². The monoisotopic (exact) mass is 333 g/mol. The Morgan fingerprint density at radius 2 is 1.19 bits per heavy atom. The van der Waals surface area contributed by atoms with Crippen LogP contribution in [0.1, 0.15) is 41.5 Å². The van der Waals surface area contributed by atoms with Gasteiger partial charge in [-0.05, 0) is 0 Å². The Morgan fingerprint density at radius 1 is 0.875 bits per heavy atom. The molecular formula is C12H27N3Sn. The van der Waals surface area contributed by atoms with Crippen LogP contribution in [0.5, 0.6) is 0 Å². The minimum absolute atomic E-state index is 0.666. The van der Waals surface area contributed by atoms with Gasteiger partial charge in [0.2, 0.25) is 0 Å². The van der Waals surface area contributed by atoms with E-state index in [1.165, 1.54) is 13.3 Å². The third-order valence-electron chi connectivity index (χ3n) is 2.62. The third-order valence-corrected chi connectivity index (χ3v) is 17.6. The van der Waals surface area contributed by atoms with Gasteiger partial charge in [-0.15, -0.1) is 0 Å². The molecule has 0 fully saturated rings. The summed E-state index contributed by atoms with van der Waals surface area (Å²) in [6.45, 7) is 13.5. The van der Waals surface area contributed by atoms with Crippen LogP contribution in [0.3, 0.4) is 0 Å². The van der Waals surface area contributed by atoms with Crippen LogP contribution in [-0.2, 0) is 0 Å². The molecule has 0 N–H and O–H groups in total. The van der Waals surface area contributed by atoms with Gasteiger partial charge in [-0.3, -0.25) is 0 Å². The zero-order valence-electron chi connectivity index (χ0n) is 11.7. The summed E-state index contributed by atoms with van der Waals surface area (Å²) >= 11 is -2.60. The molecule has 0 rings (SSSR count). The molecule has 0 aromatic carbocycles. The Morgan fingerprint density at radius 3 is 1.38 bits per heavy atom. The van der Waals surface area contributed by atoms with E-state index in [4.69, 9.17) is 5.53 Å². The molecule has 0 atom stereocenters. The summed E-state index contributed by atoms with van der Waals surface area (Å²) in [5.74, 6) is 2.00. The van der Waals surface area contributed by atoms with Crippen LogP contribution in [0.2, 0.25) is 13.3 Å². The zero-order valence-corrected chi connectivity index (χ0v) is 14.5. The predicted octanol–water partition coefficient (Wildman–Crippen LogP) is 5.21. The maximum atomic E-state index is 8.85. The van der Waals surface area contributed by atoms with Gasteiger partial charge in [0, 0.05) is 0 Å². The predicted molar refractivity (Wildman–Crippen MR) is 73.8 cm³/mol. The van der Waals surface area contributed by atoms with Crippen molar-refractivity contribution in [2.45, 2.75) is 54.9 Å². The van der Waals surface area contributed by atoms with Crippen molar-refractivity contribution in [3.8, 4) is 0 Å². The van der Waals surface area contributed by atoms with E-state index < -0.39 is 18.7 Å². The Bertz CT molecular complexity index is 216. The summed E-state index contributed by atoms with van der Waals surface area (Å²) in [6.07, 6.45) is 0. The standard InChI is InChI=1S/3C4H9.N3.Sn/c3*1-4(2)3;1-3-2;/h3*4H,1H2,2-3H3;;/q;;;-1;+1. The van der Waals surface area contributed by atoms with Crippen LogP contribution in [0, 0.1) is 17.8 Å². The van der Waals surface area contributed by atoms with Crippen molar-refractivity contribution >= 4 is 18.7 Å². The van der Waals surface area contributed by atoms with Crippen LogP contribution in [0.4, 0.5) is 0 Å². The molecule has 0 radical (unpaired) electrons. The zero-order chi connectivity index (χ0) is 12.8. The van der Waals surface area contributed by atoms with Gasteiger partial charge in [0.15, 0.2) is 0 Å². The third kappa shape index (κ3) is 6.64. The fraction of sp³-hybridized carbons (Fsp3) is 1.00. The maximum absolute atomic E-state index is 8.85. The van der Waals surface area contributed by atoms with Gasteiger partial charge >= 0.3 is 105 Å². The van der Waals surface area contributed by atoms with Crippen molar-refractivity contribution in [2.24, 2.45) is 21.1 Å². The molecule has 0 heterocycles. The van der Waals surface area contributed by atoms with Crippen LogP contribution < -0.4 is 0 Å². The second-order valence-electron chi connectivity index (χ2n) is 6.21. The Hall–Kier alpha value is 0.109. The average molecular weight is 332 g/mol. The fourth-order valence-corrected chi connectivity index (χ4v) is 18.4. The molecule has 0 saturated heterocycles. The first-order chi connectivity index (χ1) is 7.31. The molecule has 0 amide bonds. The van der Waals surface area contributed by atoms with E-state index in [1.54, 1.807) is 0 Å². The van der Waals surface area contributed by atoms with Crippen LogP contribution >= 0.6 is 0 Å². The first-order valence-electron chi connectivity index (χ1n) is 6.37. The second-order valence-corrected chi connectivity index (χ2v) is 17.3. The van der Waals surface area contributed by atoms with Crippen molar-refractivity contribution in [1.82, 2.24) is 0 Å². The van der Waals surface area contributed by atoms with Crippen LogP contribution in [0.25, 0.3) is 10.4 Å². The van der Waals surface area contributed by atoms with E-state index in [0.29, 0.717) is 17.8 Å². The summed E-state index contributed by atoms with van der Waals surface area (Å²) < 4.78 is 7.98. The van der Waals surface area contributed by atoms with Crippen molar-refractivity contribution < 1.29 is 0 Å². The van der Waals surface area contributed by atoms with Gasteiger partial charge < -0.3 is 0 Å². The normalized spacial score (nSPS) is 12.3. The SMILES string of the molecule is CC(C)[CH2][Sn]([CH2]C(C)C)([CH2]C(C)C)[N]=[N+]=[N-]. The quantitative estimate of drug-likeness (QED) is 0.266. The molecule has 16 heavy (non-hydrogen) atoms. The summed E-state index contributed by atoms with van der Waals surface area (Å²) in [4.78, 5) is 3.19. The minimum atomic E-state index is -2.60. The topological polar surface area (TPSA) is 48.8 Å². The van der Waals surface area contributed by atoms with Gasteiger partial charge in [0.25, 0.3) is 0 Å². The van der Waals surface area contributed by atoms with E-state index in [-0.39, 0.29) is 0 Å². The summed E-state index contributed by atoms with van der Waals surface area (Å²) in [5.41, 5.74) is 8.85. The number of hydrogen-bond acceptors (Lipinski definition) is 1.